The average molecular weight is 343 g/mol. The summed E-state index contributed by atoms with van der Waals surface area (Å²) < 4.78 is 55.5. The van der Waals surface area contributed by atoms with E-state index in [1.54, 1.807) is 6.07 Å². The van der Waals surface area contributed by atoms with Crippen molar-refractivity contribution in [2.24, 2.45) is 0 Å². The van der Waals surface area contributed by atoms with Crippen molar-refractivity contribution < 1.29 is 26.7 Å². The third kappa shape index (κ3) is 4.10. The third-order valence-corrected chi connectivity index (χ3v) is 5.09. The summed E-state index contributed by atoms with van der Waals surface area (Å²) in [4.78, 5) is -0.223. The van der Waals surface area contributed by atoms with E-state index in [-0.39, 0.29) is 30.3 Å². The van der Waals surface area contributed by atoms with Gasteiger partial charge in [-0.25, -0.2) is 12.8 Å². The van der Waals surface area contributed by atoms with Crippen LogP contribution in [-0.4, -0.2) is 40.1 Å². The molecule has 0 unspecified atom stereocenters. The molecule has 0 amide bonds. The summed E-state index contributed by atoms with van der Waals surface area (Å²) >= 11 is 0. The number of methoxy groups -OCH3 is 2. The first-order chi connectivity index (χ1) is 11.0. The number of sulfonamides is 1. The van der Waals surface area contributed by atoms with Gasteiger partial charge in [0, 0.05) is 25.8 Å². The number of hydrogen-bond acceptors (Lipinski definition) is 5. The molecule has 8 heteroatoms. The van der Waals surface area contributed by atoms with Crippen molar-refractivity contribution >= 4 is 10.0 Å². The van der Waals surface area contributed by atoms with E-state index in [0.29, 0.717) is 5.56 Å². The van der Waals surface area contributed by atoms with E-state index in [9.17, 15) is 12.8 Å². The highest BCUT2D eigenvalue weighted by Gasteiger charge is 2.28. The van der Waals surface area contributed by atoms with Gasteiger partial charge in [0.25, 0.3) is 0 Å². The summed E-state index contributed by atoms with van der Waals surface area (Å²) in [6.07, 6.45) is 2.91. The first-order valence-corrected chi connectivity index (χ1v) is 8.26. The maximum Gasteiger partial charge on any atom is 0.247 e. The van der Waals surface area contributed by atoms with E-state index in [1.165, 1.54) is 37.1 Å². The van der Waals surface area contributed by atoms with Crippen LogP contribution in [0, 0.1) is 5.82 Å². The molecule has 0 aliphatic heterocycles. The maximum absolute atomic E-state index is 13.5. The highest BCUT2D eigenvalue weighted by Crippen LogP contribution is 2.28. The fourth-order valence-corrected chi connectivity index (χ4v) is 3.63. The Kier molecular flexibility index (Phi) is 5.75. The van der Waals surface area contributed by atoms with Crippen molar-refractivity contribution in [2.75, 3.05) is 27.4 Å². The number of benzene rings is 1. The lowest BCUT2D eigenvalue weighted by Gasteiger charge is -2.22. The van der Waals surface area contributed by atoms with Crippen LogP contribution in [-0.2, 0) is 21.3 Å². The van der Waals surface area contributed by atoms with Crippen LogP contribution in [0.1, 0.15) is 5.56 Å². The number of rotatable bonds is 8. The van der Waals surface area contributed by atoms with E-state index in [2.05, 4.69) is 0 Å². The smallest absolute Gasteiger partial charge is 0.247 e. The van der Waals surface area contributed by atoms with Gasteiger partial charge in [-0.3, -0.25) is 0 Å². The first kappa shape index (κ1) is 17.5. The molecule has 0 fully saturated rings. The zero-order chi connectivity index (χ0) is 16.9. The van der Waals surface area contributed by atoms with Crippen LogP contribution >= 0.6 is 0 Å². The number of hydrogen-bond donors (Lipinski definition) is 0. The number of nitrogens with zero attached hydrogens (tertiary/aromatic N) is 1. The lowest BCUT2D eigenvalue weighted by Crippen LogP contribution is -2.33. The SMILES string of the molecule is COCCN(Cc1ccoc1)S(=O)(=O)c1cc(F)ccc1OC. The van der Waals surface area contributed by atoms with Crippen molar-refractivity contribution in [1.29, 1.82) is 0 Å². The fourth-order valence-electron chi connectivity index (χ4n) is 2.05. The van der Waals surface area contributed by atoms with Gasteiger partial charge >= 0.3 is 0 Å². The molecule has 0 bridgehead atoms. The minimum absolute atomic E-state index is 0.0843. The summed E-state index contributed by atoms with van der Waals surface area (Å²) in [5.41, 5.74) is 0.681. The lowest BCUT2D eigenvalue weighted by atomic mass is 10.3. The van der Waals surface area contributed by atoms with Gasteiger partial charge in [0.15, 0.2) is 0 Å². The zero-order valence-electron chi connectivity index (χ0n) is 12.9. The van der Waals surface area contributed by atoms with Crippen LogP contribution in [0.15, 0.2) is 46.1 Å². The van der Waals surface area contributed by atoms with Crippen LogP contribution in [0.3, 0.4) is 0 Å². The summed E-state index contributed by atoms with van der Waals surface area (Å²) in [6, 6.07) is 5.05. The van der Waals surface area contributed by atoms with Gasteiger partial charge in [-0.15, -0.1) is 0 Å². The summed E-state index contributed by atoms with van der Waals surface area (Å²) in [5, 5.41) is 0. The van der Waals surface area contributed by atoms with Gasteiger partial charge in [-0.05, 0) is 24.3 Å². The summed E-state index contributed by atoms with van der Waals surface area (Å²) in [6.45, 7) is 0.403. The molecule has 0 saturated heterocycles. The molecule has 0 radical (unpaired) electrons. The molecular formula is C15H18FNO5S. The van der Waals surface area contributed by atoms with Crippen molar-refractivity contribution in [3.8, 4) is 5.75 Å². The molecule has 126 valence electrons. The van der Waals surface area contributed by atoms with Gasteiger partial charge < -0.3 is 13.9 Å². The molecule has 0 atom stereocenters. The molecule has 2 rings (SSSR count). The van der Waals surface area contributed by atoms with Crippen LogP contribution < -0.4 is 4.74 Å². The normalized spacial score (nSPS) is 11.8. The maximum atomic E-state index is 13.5. The second-order valence-electron chi connectivity index (χ2n) is 4.76. The molecule has 1 heterocycles. The Balaban J connectivity index is 2.40. The van der Waals surface area contributed by atoms with Crippen LogP contribution in [0.5, 0.6) is 5.75 Å². The Morgan fingerprint density at radius 2 is 2.04 bits per heavy atom. The van der Waals surface area contributed by atoms with Crippen molar-refractivity contribution in [1.82, 2.24) is 4.31 Å². The molecule has 6 nitrogen and oxygen atoms in total. The molecule has 0 aliphatic rings. The van der Waals surface area contributed by atoms with Crippen molar-refractivity contribution in [3.05, 3.63) is 48.2 Å². The minimum Gasteiger partial charge on any atom is -0.495 e. The lowest BCUT2D eigenvalue weighted by molar-refractivity contribution is 0.177. The van der Waals surface area contributed by atoms with E-state index in [0.717, 1.165) is 12.1 Å². The highest BCUT2D eigenvalue weighted by molar-refractivity contribution is 7.89. The highest BCUT2D eigenvalue weighted by atomic mass is 32.2. The second-order valence-corrected chi connectivity index (χ2v) is 6.66. The first-order valence-electron chi connectivity index (χ1n) is 6.82. The van der Waals surface area contributed by atoms with Gasteiger partial charge in [-0.2, -0.15) is 4.31 Å². The molecule has 0 aliphatic carbocycles. The predicted molar refractivity (Wildman–Crippen MR) is 81.1 cm³/mol. The third-order valence-electron chi connectivity index (χ3n) is 3.23. The number of halogens is 1. The molecule has 2 aromatic rings. The Morgan fingerprint density at radius 1 is 1.26 bits per heavy atom. The van der Waals surface area contributed by atoms with Crippen molar-refractivity contribution in [2.45, 2.75) is 11.4 Å². The van der Waals surface area contributed by atoms with Gasteiger partial charge in [0.05, 0.1) is 26.2 Å². The fraction of sp³-hybridized carbons (Fsp3) is 0.333. The second kappa shape index (κ2) is 7.58. The molecular weight excluding hydrogens is 325 g/mol. The standard InChI is InChI=1S/C15H18FNO5S/c1-20-8-6-17(10-12-5-7-22-11-12)23(18,19)15-9-13(16)3-4-14(15)21-2/h3-5,7,9,11H,6,8,10H2,1-2H3. The topological polar surface area (TPSA) is 69.0 Å². The zero-order valence-corrected chi connectivity index (χ0v) is 13.7. The summed E-state index contributed by atoms with van der Waals surface area (Å²) in [5.74, 6) is -0.569. The largest absolute Gasteiger partial charge is 0.495 e. The minimum atomic E-state index is -3.97. The Morgan fingerprint density at radius 3 is 2.65 bits per heavy atom. The van der Waals surface area contributed by atoms with Crippen LogP contribution in [0.4, 0.5) is 4.39 Å². The number of ether oxygens (including phenoxy) is 2. The van der Waals surface area contributed by atoms with E-state index >= 15 is 0 Å². The molecule has 1 aromatic carbocycles. The predicted octanol–water partition coefficient (Wildman–Crippen LogP) is 2.26. The summed E-state index contributed by atoms with van der Waals surface area (Å²) in [7, 11) is -1.16. The monoisotopic (exact) mass is 343 g/mol. The van der Waals surface area contributed by atoms with E-state index in [4.69, 9.17) is 13.9 Å². The molecule has 0 N–H and O–H groups in total. The Bertz CT molecular complexity index is 730. The molecule has 0 spiro atoms. The van der Waals surface area contributed by atoms with Crippen LogP contribution in [0.2, 0.25) is 0 Å². The molecule has 23 heavy (non-hydrogen) atoms. The van der Waals surface area contributed by atoms with Gasteiger partial charge in [-0.1, -0.05) is 0 Å². The Hall–Kier alpha value is -1.90. The van der Waals surface area contributed by atoms with E-state index in [1.807, 2.05) is 0 Å². The molecule has 0 saturated carbocycles. The molecule has 1 aromatic heterocycles. The quantitative estimate of drug-likeness (QED) is 0.735. The number of furan rings is 1. The van der Waals surface area contributed by atoms with E-state index < -0.39 is 15.8 Å². The Labute approximate surface area is 134 Å². The average Bonchev–Trinajstić information content (AvgIpc) is 3.04. The van der Waals surface area contributed by atoms with Crippen molar-refractivity contribution in [3.63, 3.8) is 0 Å². The van der Waals surface area contributed by atoms with Crippen LogP contribution in [0.25, 0.3) is 0 Å². The van der Waals surface area contributed by atoms with Gasteiger partial charge in [0.1, 0.15) is 16.5 Å². The van der Waals surface area contributed by atoms with Gasteiger partial charge in [0.2, 0.25) is 10.0 Å².